The summed E-state index contributed by atoms with van der Waals surface area (Å²) in [4.78, 5) is 20.7. The van der Waals surface area contributed by atoms with Gasteiger partial charge in [0.1, 0.15) is 6.10 Å². The second-order valence-electron chi connectivity index (χ2n) is 6.42. The van der Waals surface area contributed by atoms with Crippen LogP contribution in [0.15, 0.2) is 12.4 Å². The molecule has 0 unspecified atom stereocenters. The molecule has 1 amide bonds. The molecule has 8 heteroatoms. The van der Waals surface area contributed by atoms with Crippen LogP contribution in [0.2, 0.25) is 5.02 Å². The van der Waals surface area contributed by atoms with Gasteiger partial charge in [-0.2, -0.15) is 5.10 Å². The number of aryl methyl sites for hydroxylation is 2. The average Bonchev–Trinajstić information content (AvgIpc) is 2.84. The molecule has 2 heterocycles. The van der Waals surface area contributed by atoms with Crippen molar-refractivity contribution >= 4 is 17.5 Å². The minimum atomic E-state index is -0.0477. The largest absolute Gasteiger partial charge is 0.460 e. The molecule has 2 aromatic heterocycles. The monoisotopic (exact) mass is 363 g/mol. The molecular weight excluding hydrogens is 342 g/mol. The number of rotatable bonds is 4. The van der Waals surface area contributed by atoms with Crippen molar-refractivity contribution in [3.8, 4) is 6.01 Å². The molecule has 1 N–H and O–H groups in total. The lowest BCUT2D eigenvalue weighted by atomic mass is 9.92. The Kier molecular flexibility index (Phi) is 5.22. The Labute approximate surface area is 151 Å². The third-order valence-corrected chi connectivity index (χ3v) is 4.81. The number of nitrogens with zero attached hydrogens (tertiary/aromatic N) is 4. The van der Waals surface area contributed by atoms with Crippen LogP contribution in [0.25, 0.3) is 0 Å². The molecule has 3 rings (SSSR count). The van der Waals surface area contributed by atoms with Crippen molar-refractivity contribution in [2.45, 2.75) is 51.7 Å². The Morgan fingerprint density at radius 1 is 1.24 bits per heavy atom. The third kappa shape index (κ3) is 4.10. The summed E-state index contributed by atoms with van der Waals surface area (Å²) in [5.41, 5.74) is 2.32. The third-order valence-electron chi connectivity index (χ3n) is 4.61. The maximum atomic E-state index is 12.5. The molecule has 0 aliphatic heterocycles. The van der Waals surface area contributed by atoms with Gasteiger partial charge in [0.15, 0.2) is 0 Å². The molecule has 1 fully saturated rings. The highest BCUT2D eigenvalue weighted by atomic mass is 35.5. The molecular formula is C17H22ClN5O2. The van der Waals surface area contributed by atoms with E-state index in [9.17, 15) is 4.79 Å². The van der Waals surface area contributed by atoms with E-state index in [1.165, 1.54) is 12.4 Å². The van der Waals surface area contributed by atoms with Crippen molar-refractivity contribution < 1.29 is 9.53 Å². The number of nitrogens with one attached hydrogen (secondary N) is 1. The summed E-state index contributed by atoms with van der Waals surface area (Å²) in [5, 5.41) is 7.91. The molecule has 0 radical (unpaired) electrons. The summed E-state index contributed by atoms with van der Waals surface area (Å²) in [5.74, 6) is -0.0477. The topological polar surface area (TPSA) is 81.9 Å². The van der Waals surface area contributed by atoms with Crippen molar-refractivity contribution in [2.75, 3.05) is 0 Å². The van der Waals surface area contributed by atoms with Gasteiger partial charge in [-0.3, -0.25) is 9.48 Å². The van der Waals surface area contributed by atoms with Crippen LogP contribution in [-0.2, 0) is 7.05 Å². The van der Waals surface area contributed by atoms with E-state index in [4.69, 9.17) is 16.3 Å². The first kappa shape index (κ1) is 17.7. The summed E-state index contributed by atoms with van der Waals surface area (Å²) in [6, 6.07) is 0.496. The Morgan fingerprint density at radius 3 is 2.44 bits per heavy atom. The van der Waals surface area contributed by atoms with E-state index < -0.39 is 0 Å². The van der Waals surface area contributed by atoms with Crippen LogP contribution < -0.4 is 10.1 Å². The lowest BCUT2D eigenvalue weighted by Crippen LogP contribution is -2.40. The van der Waals surface area contributed by atoms with Crippen molar-refractivity contribution in [2.24, 2.45) is 7.05 Å². The second-order valence-corrected chi connectivity index (χ2v) is 6.85. The Balaban J connectivity index is 1.52. The van der Waals surface area contributed by atoms with Crippen molar-refractivity contribution in [1.29, 1.82) is 0 Å². The Hall–Kier alpha value is -2.15. The molecule has 0 spiro atoms. The minimum Gasteiger partial charge on any atom is -0.460 e. The molecule has 0 aromatic carbocycles. The number of carbonyl (C=O) groups excluding carboxylic acids is 1. The van der Waals surface area contributed by atoms with Gasteiger partial charge in [0.25, 0.3) is 5.91 Å². The van der Waals surface area contributed by atoms with Crippen molar-refractivity contribution in [3.05, 3.63) is 34.4 Å². The van der Waals surface area contributed by atoms with Crippen LogP contribution in [-0.4, -0.2) is 37.8 Å². The van der Waals surface area contributed by atoms with Gasteiger partial charge in [-0.25, -0.2) is 9.97 Å². The van der Waals surface area contributed by atoms with Crippen LogP contribution in [0, 0.1) is 13.8 Å². The molecule has 1 aliphatic rings. The predicted molar refractivity (Wildman–Crippen MR) is 93.9 cm³/mol. The maximum Gasteiger partial charge on any atom is 0.316 e. The highest BCUT2D eigenvalue weighted by molar-refractivity contribution is 6.30. The average molecular weight is 364 g/mol. The molecule has 25 heavy (non-hydrogen) atoms. The zero-order valence-electron chi connectivity index (χ0n) is 14.6. The molecule has 0 atom stereocenters. The first-order valence-corrected chi connectivity index (χ1v) is 8.77. The number of hydrogen-bond donors (Lipinski definition) is 1. The van der Waals surface area contributed by atoms with Gasteiger partial charge in [-0.05, 0) is 39.5 Å². The van der Waals surface area contributed by atoms with E-state index in [0.29, 0.717) is 16.6 Å². The summed E-state index contributed by atoms with van der Waals surface area (Å²) >= 11 is 5.77. The standard InChI is InChI=1S/C17H22ClN5O2/c1-10-15(11(2)23(3)22-10)16(24)21-13-4-6-14(7-5-13)25-17-19-8-12(18)9-20-17/h8-9,13-14H,4-7H2,1-3H3,(H,21,24). The van der Waals surface area contributed by atoms with Crippen molar-refractivity contribution in [1.82, 2.24) is 25.1 Å². The van der Waals surface area contributed by atoms with Gasteiger partial charge in [0, 0.05) is 18.8 Å². The quantitative estimate of drug-likeness (QED) is 0.902. The first-order valence-electron chi connectivity index (χ1n) is 8.39. The number of amides is 1. The number of halogens is 1. The number of hydrogen-bond acceptors (Lipinski definition) is 5. The lowest BCUT2D eigenvalue weighted by Gasteiger charge is -2.28. The Bertz CT molecular complexity index is 751. The van der Waals surface area contributed by atoms with Crippen LogP contribution in [0.4, 0.5) is 0 Å². The van der Waals surface area contributed by atoms with Gasteiger partial charge in [-0.15, -0.1) is 0 Å². The Morgan fingerprint density at radius 2 is 1.88 bits per heavy atom. The van der Waals surface area contributed by atoms with E-state index in [0.717, 1.165) is 37.1 Å². The van der Waals surface area contributed by atoms with Gasteiger partial charge < -0.3 is 10.1 Å². The van der Waals surface area contributed by atoms with E-state index >= 15 is 0 Å². The smallest absolute Gasteiger partial charge is 0.316 e. The predicted octanol–water partition coefficient (Wildman–Crippen LogP) is 2.60. The zero-order valence-corrected chi connectivity index (χ0v) is 15.4. The molecule has 1 aliphatic carbocycles. The fourth-order valence-electron chi connectivity index (χ4n) is 3.20. The van der Waals surface area contributed by atoms with Crippen LogP contribution >= 0.6 is 11.6 Å². The molecule has 1 saturated carbocycles. The maximum absolute atomic E-state index is 12.5. The normalized spacial score (nSPS) is 20.3. The first-order chi connectivity index (χ1) is 11.9. The SMILES string of the molecule is Cc1nn(C)c(C)c1C(=O)NC1CCC(Oc2ncc(Cl)cn2)CC1. The number of carbonyl (C=O) groups is 1. The van der Waals surface area contributed by atoms with Crippen molar-refractivity contribution in [3.63, 3.8) is 0 Å². The summed E-state index contributed by atoms with van der Waals surface area (Å²) < 4.78 is 7.52. The minimum absolute atomic E-state index is 0.0477. The lowest BCUT2D eigenvalue weighted by molar-refractivity contribution is 0.0884. The molecule has 134 valence electrons. The van der Waals surface area contributed by atoms with Crippen LogP contribution in [0.1, 0.15) is 47.4 Å². The van der Waals surface area contributed by atoms with Gasteiger partial charge in [0.05, 0.1) is 28.7 Å². The van der Waals surface area contributed by atoms with Gasteiger partial charge >= 0.3 is 6.01 Å². The van der Waals surface area contributed by atoms with Crippen LogP contribution in [0.3, 0.4) is 0 Å². The number of aromatic nitrogens is 4. The zero-order chi connectivity index (χ0) is 18.0. The van der Waals surface area contributed by atoms with Crippen LogP contribution in [0.5, 0.6) is 6.01 Å². The molecule has 7 nitrogen and oxygen atoms in total. The van der Waals surface area contributed by atoms with Gasteiger partial charge in [-0.1, -0.05) is 11.6 Å². The number of ether oxygens (including phenoxy) is 1. The fourth-order valence-corrected chi connectivity index (χ4v) is 3.29. The van der Waals surface area contributed by atoms with E-state index in [1.807, 2.05) is 20.9 Å². The van der Waals surface area contributed by atoms with E-state index in [1.54, 1.807) is 4.68 Å². The highest BCUT2D eigenvalue weighted by Crippen LogP contribution is 2.23. The fraction of sp³-hybridized carbons (Fsp3) is 0.529. The van der Waals surface area contributed by atoms with Gasteiger partial charge in [0.2, 0.25) is 0 Å². The highest BCUT2D eigenvalue weighted by Gasteiger charge is 2.26. The van der Waals surface area contributed by atoms with E-state index in [-0.39, 0.29) is 18.1 Å². The summed E-state index contributed by atoms with van der Waals surface area (Å²) in [6.07, 6.45) is 6.54. The molecule has 0 bridgehead atoms. The summed E-state index contributed by atoms with van der Waals surface area (Å²) in [6.45, 7) is 3.77. The molecule has 0 saturated heterocycles. The van der Waals surface area contributed by atoms with E-state index in [2.05, 4.69) is 20.4 Å². The summed E-state index contributed by atoms with van der Waals surface area (Å²) in [7, 11) is 1.85. The second kappa shape index (κ2) is 7.39. The molecule has 2 aromatic rings.